The number of nitrogens with two attached hydrogens (primary N) is 1. The molecule has 3 N–H and O–H groups in total. The van der Waals surface area contributed by atoms with Crippen LogP contribution in [0.1, 0.15) is 31.9 Å². The van der Waals surface area contributed by atoms with Gasteiger partial charge >= 0.3 is 0 Å². The van der Waals surface area contributed by atoms with E-state index in [0.717, 1.165) is 82.3 Å². The number of aromatic amines is 1. The van der Waals surface area contributed by atoms with Crippen molar-refractivity contribution in [3.63, 3.8) is 0 Å². The zero-order valence-corrected chi connectivity index (χ0v) is 33.3. The van der Waals surface area contributed by atoms with Crippen molar-refractivity contribution in [3.8, 4) is 45.0 Å². The maximum absolute atomic E-state index is 14.7. The average Bonchev–Trinajstić information content (AvgIpc) is 4.03. The predicted octanol–water partition coefficient (Wildman–Crippen LogP) is 9.78. The molecule has 8 aromatic rings. The Balaban J connectivity index is 0.000000151. The average molecular weight is 862 g/mol. The first-order chi connectivity index (χ1) is 28.3. The van der Waals surface area contributed by atoms with E-state index in [4.69, 9.17) is 37.1 Å². The van der Waals surface area contributed by atoms with Crippen molar-refractivity contribution >= 4 is 55.3 Å². The summed E-state index contributed by atoms with van der Waals surface area (Å²) in [6.45, 7) is 2.44. The van der Waals surface area contributed by atoms with Crippen LogP contribution in [0.25, 0.3) is 67.1 Å². The molecule has 58 heavy (non-hydrogen) atoms. The minimum atomic E-state index is -0.388. The zero-order chi connectivity index (χ0) is 39.8. The third-order valence-electron chi connectivity index (χ3n) is 10.3. The van der Waals surface area contributed by atoms with Gasteiger partial charge in [0.2, 0.25) is 0 Å². The number of aromatic nitrogens is 8. The van der Waals surface area contributed by atoms with E-state index in [2.05, 4.69) is 41.0 Å². The Hall–Kier alpha value is -5.67. The van der Waals surface area contributed by atoms with E-state index in [1.54, 1.807) is 41.3 Å². The Morgan fingerprint density at radius 2 is 1.53 bits per heavy atom. The summed E-state index contributed by atoms with van der Waals surface area (Å²) in [6.07, 6.45) is 10.9. The molecule has 2 aliphatic rings. The van der Waals surface area contributed by atoms with Gasteiger partial charge < -0.3 is 15.4 Å². The van der Waals surface area contributed by atoms with Gasteiger partial charge in [0.15, 0.2) is 0 Å². The van der Waals surface area contributed by atoms with Crippen molar-refractivity contribution in [2.45, 2.75) is 38.0 Å². The third kappa shape index (κ3) is 7.80. The van der Waals surface area contributed by atoms with Crippen molar-refractivity contribution in [2.75, 3.05) is 24.6 Å². The molecule has 2 atom stereocenters. The highest BCUT2D eigenvalue weighted by Gasteiger charge is 2.24. The van der Waals surface area contributed by atoms with Gasteiger partial charge in [-0.15, -0.1) is 0 Å². The Labute approximate surface area is 345 Å². The molecule has 15 heteroatoms. The number of nitrogens with zero attached hydrogens (tertiary/aromatic N) is 8. The van der Waals surface area contributed by atoms with Crippen LogP contribution in [-0.2, 0) is 4.74 Å². The van der Waals surface area contributed by atoms with Crippen LogP contribution >= 0.6 is 27.5 Å². The molecule has 10 rings (SSSR count). The molecule has 2 saturated heterocycles. The van der Waals surface area contributed by atoms with Gasteiger partial charge in [-0.2, -0.15) is 10.2 Å². The first-order valence-corrected chi connectivity index (χ1v) is 20.1. The van der Waals surface area contributed by atoms with E-state index in [1.807, 2.05) is 48.8 Å². The number of H-pyrrole nitrogens is 1. The Morgan fingerprint density at radius 3 is 2.29 bits per heavy atom. The first kappa shape index (κ1) is 37.9. The van der Waals surface area contributed by atoms with Crippen LogP contribution in [0.4, 0.5) is 14.5 Å². The second-order valence-electron chi connectivity index (χ2n) is 14.3. The van der Waals surface area contributed by atoms with Gasteiger partial charge in [-0.05, 0) is 108 Å². The van der Waals surface area contributed by atoms with Crippen LogP contribution in [0.3, 0.4) is 0 Å². The highest BCUT2D eigenvalue weighted by atomic mass is 79.9. The monoisotopic (exact) mass is 860 g/mol. The summed E-state index contributed by atoms with van der Waals surface area (Å²) >= 11 is 9.60. The lowest BCUT2D eigenvalue weighted by Crippen LogP contribution is -2.26. The zero-order valence-electron chi connectivity index (χ0n) is 31.0. The highest BCUT2D eigenvalue weighted by Crippen LogP contribution is 2.37. The molecular weight excluding hydrogens is 826 g/mol. The summed E-state index contributed by atoms with van der Waals surface area (Å²) in [6, 6.07) is 22.8. The molecule has 2 fully saturated rings. The fourth-order valence-corrected chi connectivity index (χ4v) is 7.85. The van der Waals surface area contributed by atoms with Gasteiger partial charge in [-0.1, -0.05) is 23.7 Å². The Bertz CT molecular complexity index is 2770. The van der Waals surface area contributed by atoms with Crippen molar-refractivity contribution < 1.29 is 13.5 Å². The minimum absolute atomic E-state index is 0.176. The number of ether oxygens (including phenoxy) is 1. The molecule has 292 valence electrons. The fourth-order valence-electron chi connectivity index (χ4n) is 7.36. The van der Waals surface area contributed by atoms with Gasteiger partial charge in [0.05, 0.1) is 57.2 Å². The summed E-state index contributed by atoms with van der Waals surface area (Å²) in [5.41, 5.74) is 14.9. The lowest BCUT2D eigenvalue weighted by Gasteiger charge is -2.22. The van der Waals surface area contributed by atoms with Crippen LogP contribution < -0.4 is 10.6 Å². The number of hydrogen-bond acceptors (Lipinski definition) is 9. The molecule has 0 spiro atoms. The topological polar surface area (TPSA) is 137 Å². The van der Waals surface area contributed by atoms with Crippen molar-refractivity contribution in [3.05, 3.63) is 125 Å². The molecule has 0 bridgehead atoms. The Morgan fingerprint density at radius 1 is 0.776 bits per heavy atom. The molecule has 0 saturated carbocycles. The minimum Gasteiger partial charge on any atom is -0.369 e. The van der Waals surface area contributed by atoms with E-state index in [9.17, 15) is 8.78 Å². The molecule has 0 radical (unpaired) electrons. The number of halogens is 4. The van der Waals surface area contributed by atoms with Crippen LogP contribution in [0.15, 0.2) is 108 Å². The third-order valence-corrected chi connectivity index (χ3v) is 11.0. The molecule has 6 aromatic heterocycles. The predicted molar refractivity (Wildman–Crippen MR) is 225 cm³/mol. The van der Waals surface area contributed by atoms with Crippen LogP contribution in [0.5, 0.6) is 0 Å². The van der Waals surface area contributed by atoms with Crippen molar-refractivity contribution in [2.24, 2.45) is 5.73 Å². The van der Waals surface area contributed by atoms with Gasteiger partial charge in [-0.25, -0.2) is 23.4 Å². The number of hydrogen-bond donors (Lipinski definition) is 2. The van der Waals surface area contributed by atoms with Crippen LogP contribution in [0.2, 0.25) is 5.02 Å². The largest absolute Gasteiger partial charge is 0.369 e. The number of anilines is 1. The quantitative estimate of drug-likeness (QED) is 0.168. The van der Waals surface area contributed by atoms with Crippen molar-refractivity contribution in [1.82, 2.24) is 39.9 Å². The van der Waals surface area contributed by atoms with E-state index in [1.165, 1.54) is 18.2 Å². The molecular formula is C43H36BrClF2N10O. The van der Waals surface area contributed by atoms with Gasteiger partial charge in [0, 0.05) is 69.9 Å². The lowest BCUT2D eigenvalue weighted by atomic mass is 10.0. The summed E-state index contributed by atoms with van der Waals surface area (Å²) in [4.78, 5) is 20.7. The molecule has 11 nitrogen and oxygen atoms in total. The molecule has 2 aliphatic heterocycles. The molecule has 8 heterocycles. The standard InChI is InChI=1S/C22H17BrClFN4O.C21H19FN6/c23-13-9-20-19(26-11-13)7-6-18(27-20)16-12-29(21-3-1-2-8-30-21)28-22(16)15-10-14(24)4-5-17(15)25;22-17-4-2-1-3-15(17)21-16(11-25-27-21)18-5-6-19-20(26-18)9-14(10-24-19)28-8-7-13(23)12-28/h4-7,9-12,21H,1-3,8H2;1-6,9-11,13H,7-8,12,23H2,(H,25,27). The molecule has 0 amide bonds. The Kier molecular flexibility index (Phi) is 10.6. The molecule has 2 aromatic carbocycles. The maximum Gasteiger partial charge on any atom is 0.150 e. The summed E-state index contributed by atoms with van der Waals surface area (Å²) in [7, 11) is 0. The summed E-state index contributed by atoms with van der Waals surface area (Å²) in [5.74, 6) is -0.691. The maximum atomic E-state index is 14.7. The van der Waals surface area contributed by atoms with Gasteiger partial charge in [0.1, 0.15) is 23.6 Å². The second-order valence-corrected chi connectivity index (χ2v) is 15.6. The number of nitrogens with one attached hydrogen (secondary N) is 1. The molecule has 0 aliphatic carbocycles. The second kappa shape index (κ2) is 16.3. The lowest BCUT2D eigenvalue weighted by molar-refractivity contribution is -0.0393. The SMILES string of the molecule is Fc1ccc(Cl)cc1-c1nn(C2CCCCO2)cc1-c1ccc2ncc(Br)cc2n1.NC1CCN(c2cnc3ccc(-c4cn[nH]c4-c4ccccc4F)nc3c2)C1. The van der Waals surface area contributed by atoms with Crippen LogP contribution in [0, 0.1) is 11.6 Å². The number of pyridine rings is 4. The number of benzene rings is 2. The summed E-state index contributed by atoms with van der Waals surface area (Å²) < 4.78 is 37.5. The normalized spacial score (nSPS) is 16.8. The fraction of sp³-hybridized carbons (Fsp3) is 0.209. The molecule has 2 unspecified atom stereocenters. The van der Waals surface area contributed by atoms with E-state index < -0.39 is 0 Å². The highest BCUT2D eigenvalue weighted by molar-refractivity contribution is 9.10. The van der Waals surface area contributed by atoms with E-state index in [-0.39, 0.29) is 23.9 Å². The smallest absolute Gasteiger partial charge is 0.150 e. The van der Waals surface area contributed by atoms with E-state index >= 15 is 0 Å². The first-order valence-electron chi connectivity index (χ1n) is 18.9. The van der Waals surface area contributed by atoms with Gasteiger partial charge in [0.25, 0.3) is 0 Å². The van der Waals surface area contributed by atoms with Gasteiger partial charge in [-0.3, -0.25) is 15.1 Å². The number of rotatable bonds is 6. The summed E-state index contributed by atoms with van der Waals surface area (Å²) in [5, 5.41) is 12.2. The van der Waals surface area contributed by atoms with Crippen LogP contribution in [-0.4, -0.2) is 65.7 Å². The number of fused-ring (bicyclic) bond motifs is 2. The van der Waals surface area contributed by atoms with Crippen molar-refractivity contribution in [1.29, 1.82) is 0 Å². The van der Waals surface area contributed by atoms with E-state index in [0.29, 0.717) is 45.4 Å².